The van der Waals surface area contributed by atoms with Crippen LogP contribution in [-0.4, -0.2) is 22.5 Å². The van der Waals surface area contributed by atoms with Gasteiger partial charge in [-0.3, -0.25) is 4.79 Å². The quantitative estimate of drug-likeness (QED) is 0.376. The zero-order valence-corrected chi connectivity index (χ0v) is 15.9. The average molecular weight is 403 g/mol. The Morgan fingerprint density at radius 1 is 1.04 bits per heavy atom. The van der Waals surface area contributed by atoms with Gasteiger partial charge in [-0.25, -0.2) is 0 Å². The number of rotatable bonds is 6. The van der Waals surface area contributed by atoms with Crippen LogP contribution in [0.1, 0.15) is 26.7 Å². The van der Waals surface area contributed by atoms with E-state index in [9.17, 15) is 15.0 Å². The van der Waals surface area contributed by atoms with Crippen LogP contribution in [0, 0.1) is 6.92 Å². The van der Waals surface area contributed by atoms with Crippen LogP contribution in [0.2, 0.25) is 5.02 Å². The smallest absolute Gasteiger partial charge is 0.293 e. The Balaban J connectivity index is 2.03. The minimum atomic E-state index is -0.699. The van der Waals surface area contributed by atoms with Crippen molar-refractivity contribution < 1.29 is 20.1 Å². The molecule has 1 atom stereocenters. The van der Waals surface area contributed by atoms with Crippen molar-refractivity contribution in [1.29, 1.82) is 1.43 Å². The third kappa shape index (κ3) is 4.38. The van der Waals surface area contributed by atoms with Crippen LogP contribution in [0.5, 0.6) is 17.2 Å². The monoisotopic (exact) mass is 402 g/mol. The highest BCUT2D eigenvalue weighted by atomic mass is 35.5. The maximum Gasteiger partial charge on any atom is 0.293 e. The van der Waals surface area contributed by atoms with Crippen molar-refractivity contribution in [3.8, 4) is 17.2 Å². The highest BCUT2D eigenvalue weighted by Gasteiger charge is 2.26. The van der Waals surface area contributed by atoms with Crippen molar-refractivity contribution in [1.82, 2.24) is 0 Å². The van der Waals surface area contributed by atoms with Crippen LogP contribution >= 0.6 is 23.4 Å². The number of ketones is 1. The number of benzene rings is 3. The number of hydrogen-bond acceptors (Lipinski definition) is 5. The first-order valence-electron chi connectivity index (χ1n) is 8.52. The molecule has 0 saturated carbocycles. The number of aromatic hydroxyl groups is 3. The summed E-state index contributed by atoms with van der Waals surface area (Å²) in [6, 6.07) is 15.9. The van der Waals surface area contributed by atoms with E-state index in [2.05, 4.69) is 5.11 Å². The van der Waals surface area contributed by atoms with E-state index in [0.29, 0.717) is 26.8 Å². The number of aryl methyl sites for hydroxylation is 1. The van der Waals surface area contributed by atoms with Crippen LogP contribution in [0.15, 0.2) is 65.6 Å². The van der Waals surface area contributed by atoms with Gasteiger partial charge in [0.05, 0.1) is 15.2 Å². The van der Waals surface area contributed by atoms with E-state index >= 15 is 0 Å². The lowest BCUT2D eigenvalue weighted by atomic mass is 10.0. The molecule has 0 radical (unpaired) electrons. The van der Waals surface area contributed by atoms with Crippen LogP contribution in [0.25, 0.3) is 0 Å². The Bertz CT molecular complexity index is 967. The normalized spacial score (nSPS) is 12.3. The maximum absolute atomic E-state index is 13.2. The second-order valence-electron chi connectivity index (χ2n) is 6.07. The van der Waals surface area contributed by atoms with Crippen molar-refractivity contribution in [2.24, 2.45) is 0 Å². The van der Waals surface area contributed by atoms with E-state index in [4.69, 9.17) is 13.0 Å². The Hall–Kier alpha value is -2.63. The van der Waals surface area contributed by atoms with Gasteiger partial charge in [0.15, 0.2) is 5.78 Å². The highest BCUT2D eigenvalue weighted by molar-refractivity contribution is 8.00. The minimum Gasteiger partial charge on any atom is -0.508 e. The number of carbonyl (C=O) groups is 1. The van der Waals surface area contributed by atoms with E-state index < -0.39 is 5.25 Å². The lowest BCUT2D eigenvalue weighted by molar-refractivity contribution is 0.0989. The number of hydrogen-bond donors (Lipinski definition) is 3. The number of thioether (sulfide) groups is 1. The lowest BCUT2D eigenvalue weighted by Gasteiger charge is -2.18. The van der Waals surface area contributed by atoms with Gasteiger partial charge in [-0.15, -0.1) is 11.8 Å². The largest absolute Gasteiger partial charge is 0.508 e. The molecule has 0 aliphatic rings. The van der Waals surface area contributed by atoms with Gasteiger partial charge in [0, 0.05) is 5.56 Å². The summed E-state index contributed by atoms with van der Waals surface area (Å²) in [5.74, 6) is 0.211. The van der Waals surface area contributed by atoms with Crippen LogP contribution in [0.4, 0.5) is 0 Å². The summed E-state index contributed by atoms with van der Waals surface area (Å²) in [6.45, 7) is 1.82. The molecule has 0 spiro atoms. The highest BCUT2D eigenvalue weighted by Crippen LogP contribution is 2.45. The zero-order valence-electron chi connectivity index (χ0n) is 15.3. The van der Waals surface area contributed by atoms with E-state index in [1.807, 2.05) is 6.92 Å². The molecule has 0 aromatic heterocycles. The van der Waals surface area contributed by atoms with Crippen molar-refractivity contribution in [2.75, 3.05) is 0 Å². The molecule has 0 aliphatic heterocycles. The van der Waals surface area contributed by atoms with Gasteiger partial charge in [-0.2, -0.15) is 0 Å². The van der Waals surface area contributed by atoms with Gasteiger partial charge in [-0.05, 0) is 66.6 Å². The van der Waals surface area contributed by atoms with Crippen molar-refractivity contribution >= 4 is 29.1 Å². The predicted octanol–water partition coefficient (Wildman–Crippen LogP) is 5.48. The summed E-state index contributed by atoms with van der Waals surface area (Å²) < 4.78 is 6.97. The summed E-state index contributed by atoms with van der Waals surface area (Å²) in [5, 5.41) is 23.9. The molecule has 3 aromatic rings. The SMILES string of the molecule is [3H]Oc1ccc(C(Sc2c(O)cc(C)cc2Cl)C(=O)c2ccc(O)cc2)cc1. The molecule has 0 fully saturated rings. The molecular formula is C21H17ClO4S. The molecule has 0 saturated heterocycles. The molecule has 0 amide bonds. The molecule has 4 nitrogen and oxygen atoms in total. The Kier molecular flexibility index (Phi) is 5.23. The number of phenolic OH excluding ortho intramolecular Hbond substituents is 3. The van der Waals surface area contributed by atoms with Gasteiger partial charge in [-0.1, -0.05) is 23.7 Å². The summed E-state index contributed by atoms with van der Waals surface area (Å²) >= 11 is 7.46. The summed E-state index contributed by atoms with van der Waals surface area (Å²) in [7, 11) is 0. The van der Waals surface area contributed by atoms with Gasteiger partial charge >= 0.3 is 0 Å². The molecule has 138 valence electrons. The topological polar surface area (TPSA) is 77.8 Å². The molecule has 3 rings (SSSR count). The minimum absolute atomic E-state index is 0.00428. The number of phenols is 3. The second-order valence-corrected chi connectivity index (χ2v) is 7.60. The van der Waals surface area contributed by atoms with E-state index in [-0.39, 0.29) is 17.3 Å². The maximum atomic E-state index is 13.2. The zero-order chi connectivity index (χ0) is 20.3. The number of Topliss-reactive ketones (excluding diaryl/α,β-unsaturated/α-hetero) is 1. The van der Waals surface area contributed by atoms with Crippen LogP contribution < -0.4 is 0 Å². The molecule has 0 aliphatic carbocycles. The molecular weight excluding hydrogens is 384 g/mol. The first-order valence-corrected chi connectivity index (χ1v) is 9.37. The Morgan fingerprint density at radius 2 is 1.67 bits per heavy atom. The van der Waals surface area contributed by atoms with Gasteiger partial charge in [0.25, 0.3) is 1.43 Å². The van der Waals surface area contributed by atoms with E-state index in [1.165, 1.54) is 12.1 Å². The number of halogens is 1. The fourth-order valence-corrected chi connectivity index (χ4v) is 4.16. The van der Waals surface area contributed by atoms with Crippen molar-refractivity contribution in [2.45, 2.75) is 17.1 Å². The number of carbonyl (C=O) groups excluding carboxylic acids is 1. The van der Waals surface area contributed by atoms with Crippen LogP contribution in [0.3, 0.4) is 0 Å². The Morgan fingerprint density at radius 3 is 2.26 bits per heavy atom. The van der Waals surface area contributed by atoms with Crippen LogP contribution in [-0.2, 0) is 0 Å². The van der Waals surface area contributed by atoms with Crippen molar-refractivity contribution in [3.05, 3.63) is 82.4 Å². The standard InChI is InChI=1S/C21H17ClO4S/c1-12-10-17(22)21(18(25)11-12)27-20(14-4-8-16(24)9-5-14)19(26)13-2-6-15(23)7-3-13/h2-11,20,23-25H,1H3/i/hT. The summed E-state index contributed by atoms with van der Waals surface area (Å²) in [4.78, 5) is 13.6. The summed E-state index contributed by atoms with van der Waals surface area (Å²) in [5.41, 5.74) is 1.89. The molecule has 1 unspecified atom stereocenters. The fourth-order valence-electron chi connectivity index (χ4n) is 2.64. The lowest BCUT2D eigenvalue weighted by Crippen LogP contribution is -2.10. The molecule has 3 N–H and O–H groups in total. The van der Waals surface area contributed by atoms with Crippen molar-refractivity contribution in [3.63, 3.8) is 0 Å². The fraction of sp³-hybridized carbons (Fsp3) is 0.0952. The molecule has 27 heavy (non-hydrogen) atoms. The first kappa shape index (κ1) is 17.8. The van der Waals surface area contributed by atoms with Gasteiger partial charge in [0.1, 0.15) is 17.2 Å². The molecule has 0 bridgehead atoms. The molecule has 3 aromatic carbocycles. The first-order chi connectivity index (χ1) is 13.4. The predicted molar refractivity (Wildman–Crippen MR) is 107 cm³/mol. The second kappa shape index (κ2) is 7.94. The van der Waals surface area contributed by atoms with Gasteiger partial charge < -0.3 is 15.3 Å². The summed E-state index contributed by atoms with van der Waals surface area (Å²) in [6.07, 6.45) is 0. The average Bonchev–Trinajstić information content (AvgIpc) is 2.68. The Labute approximate surface area is 167 Å². The molecule has 0 heterocycles. The van der Waals surface area contributed by atoms with E-state index in [0.717, 1.165) is 17.3 Å². The van der Waals surface area contributed by atoms with E-state index in [1.54, 1.807) is 48.5 Å². The third-order valence-corrected chi connectivity index (χ3v) is 5.77. The molecule has 6 heteroatoms. The third-order valence-electron chi connectivity index (χ3n) is 3.98. The van der Waals surface area contributed by atoms with Gasteiger partial charge in [0.2, 0.25) is 0 Å².